The molecule has 0 spiro atoms. The van der Waals surface area contributed by atoms with Crippen molar-refractivity contribution in [2.75, 3.05) is 18.5 Å². The van der Waals surface area contributed by atoms with E-state index in [0.717, 1.165) is 25.1 Å². The summed E-state index contributed by atoms with van der Waals surface area (Å²) in [5, 5.41) is 6.32. The lowest BCUT2D eigenvalue weighted by Crippen LogP contribution is -2.43. The molecule has 19 heavy (non-hydrogen) atoms. The molecule has 0 fully saturated rings. The minimum Gasteiger partial charge on any atom is -0.336 e. The number of rotatable bonds is 2. The highest BCUT2D eigenvalue weighted by molar-refractivity contribution is 5.93. The molecule has 2 N–H and O–H groups in total. The Morgan fingerprint density at radius 1 is 1.37 bits per heavy atom. The SMILES string of the molecule is CNC1CCCN(C(=O)NC(C)C)c2ccccc21. The highest BCUT2D eigenvalue weighted by Crippen LogP contribution is 2.32. The first-order valence-corrected chi connectivity index (χ1v) is 6.97. The fraction of sp³-hybridized carbons (Fsp3) is 0.533. The predicted octanol–water partition coefficient (Wildman–Crippen LogP) is 2.67. The first-order valence-electron chi connectivity index (χ1n) is 6.97. The van der Waals surface area contributed by atoms with Gasteiger partial charge in [0.2, 0.25) is 0 Å². The first kappa shape index (κ1) is 13.9. The zero-order valence-electron chi connectivity index (χ0n) is 11.9. The molecule has 0 radical (unpaired) electrons. The molecule has 0 bridgehead atoms. The van der Waals surface area contributed by atoms with E-state index in [4.69, 9.17) is 0 Å². The van der Waals surface area contributed by atoms with Gasteiger partial charge in [0.15, 0.2) is 0 Å². The lowest BCUT2D eigenvalue weighted by atomic mass is 10.0. The molecule has 0 aliphatic carbocycles. The van der Waals surface area contributed by atoms with Crippen LogP contribution in [0.3, 0.4) is 0 Å². The average molecular weight is 261 g/mol. The number of fused-ring (bicyclic) bond motifs is 1. The second-order valence-electron chi connectivity index (χ2n) is 5.30. The van der Waals surface area contributed by atoms with Crippen LogP contribution in [0.15, 0.2) is 24.3 Å². The third-order valence-corrected chi connectivity index (χ3v) is 3.48. The summed E-state index contributed by atoms with van der Waals surface area (Å²) < 4.78 is 0. The number of nitrogens with zero attached hydrogens (tertiary/aromatic N) is 1. The van der Waals surface area contributed by atoms with Crippen molar-refractivity contribution in [3.63, 3.8) is 0 Å². The number of hydrogen-bond acceptors (Lipinski definition) is 2. The molecule has 1 aliphatic rings. The molecule has 4 heteroatoms. The molecule has 0 saturated carbocycles. The summed E-state index contributed by atoms with van der Waals surface area (Å²) in [6.45, 7) is 4.74. The van der Waals surface area contributed by atoms with E-state index in [-0.39, 0.29) is 12.1 Å². The van der Waals surface area contributed by atoms with E-state index in [1.54, 1.807) is 0 Å². The molecule has 1 aliphatic heterocycles. The van der Waals surface area contributed by atoms with Crippen molar-refractivity contribution < 1.29 is 4.79 Å². The number of benzene rings is 1. The van der Waals surface area contributed by atoms with E-state index in [1.807, 2.05) is 44.0 Å². The van der Waals surface area contributed by atoms with Gasteiger partial charge in [-0.3, -0.25) is 4.90 Å². The van der Waals surface area contributed by atoms with E-state index < -0.39 is 0 Å². The Balaban J connectivity index is 2.32. The van der Waals surface area contributed by atoms with Gasteiger partial charge in [0.1, 0.15) is 0 Å². The molecular weight excluding hydrogens is 238 g/mol. The van der Waals surface area contributed by atoms with Gasteiger partial charge in [-0.15, -0.1) is 0 Å². The van der Waals surface area contributed by atoms with Gasteiger partial charge in [0.25, 0.3) is 0 Å². The Morgan fingerprint density at radius 2 is 2.11 bits per heavy atom. The molecule has 1 aromatic carbocycles. The smallest absolute Gasteiger partial charge is 0.322 e. The molecule has 2 amide bonds. The number of para-hydroxylation sites is 1. The van der Waals surface area contributed by atoms with Crippen LogP contribution in [0, 0.1) is 0 Å². The predicted molar refractivity (Wildman–Crippen MR) is 78.5 cm³/mol. The zero-order valence-corrected chi connectivity index (χ0v) is 11.9. The molecule has 1 aromatic rings. The van der Waals surface area contributed by atoms with E-state index in [2.05, 4.69) is 16.7 Å². The Hall–Kier alpha value is -1.55. The van der Waals surface area contributed by atoms with Gasteiger partial charge in [-0.2, -0.15) is 0 Å². The summed E-state index contributed by atoms with van der Waals surface area (Å²) >= 11 is 0. The van der Waals surface area contributed by atoms with Crippen LogP contribution in [0.4, 0.5) is 10.5 Å². The molecule has 4 nitrogen and oxygen atoms in total. The normalized spacial score (nSPS) is 18.9. The Morgan fingerprint density at radius 3 is 2.79 bits per heavy atom. The van der Waals surface area contributed by atoms with Crippen LogP contribution in [0.2, 0.25) is 0 Å². The van der Waals surface area contributed by atoms with Gasteiger partial charge >= 0.3 is 6.03 Å². The van der Waals surface area contributed by atoms with Crippen molar-refractivity contribution >= 4 is 11.7 Å². The van der Waals surface area contributed by atoms with Gasteiger partial charge in [0.05, 0.1) is 5.69 Å². The largest absolute Gasteiger partial charge is 0.336 e. The Bertz CT molecular complexity index is 445. The van der Waals surface area contributed by atoms with Crippen LogP contribution in [-0.2, 0) is 0 Å². The quantitative estimate of drug-likeness (QED) is 0.859. The number of anilines is 1. The lowest BCUT2D eigenvalue weighted by molar-refractivity contribution is 0.244. The molecular formula is C15H23N3O. The van der Waals surface area contributed by atoms with E-state index >= 15 is 0 Å². The van der Waals surface area contributed by atoms with Gasteiger partial charge in [-0.25, -0.2) is 4.79 Å². The summed E-state index contributed by atoms with van der Waals surface area (Å²) in [4.78, 5) is 14.2. The van der Waals surface area contributed by atoms with Crippen LogP contribution < -0.4 is 15.5 Å². The maximum atomic E-state index is 12.3. The number of urea groups is 1. The second kappa shape index (κ2) is 6.06. The topological polar surface area (TPSA) is 44.4 Å². The van der Waals surface area contributed by atoms with Crippen molar-refractivity contribution in [2.45, 2.75) is 38.8 Å². The van der Waals surface area contributed by atoms with Crippen LogP contribution in [0.1, 0.15) is 38.3 Å². The summed E-state index contributed by atoms with van der Waals surface area (Å²) in [7, 11) is 1.98. The van der Waals surface area contributed by atoms with Crippen molar-refractivity contribution in [3.8, 4) is 0 Å². The minimum atomic E-state index is -0.000738. The van der Waals surface area contributed by atoms with Gasteiger partial charge < -0.3 is 10.6 Å². The highest BCUT2D eigenvalue weighted by atomic mass is 16.2. The first-order chi connectivity index (χ1) is 9.13. The molecule has 0 aromatic heterocycles. The molecule has 1 heterocycles. The molecule has 2 rings (SSSR count). The summed E-state index contributed by atoms with van der Waals surface area (Å²) in [6, 6.07) is 8.65. The molecule has 1 atom stereocenters. The van der Waals surface area contributed by atoms with Gasteiger partial charge in [-0.05, 0) is 45.4 Å². The molecule has 1 unspecified atom stereocenters. The lowest BCUT2D eigenvalue weighted by Gasteiger charge is -2.25. The minimum absolute atomic E-state index is 0.000738. The van der Waals surface area contributed by atoms with Gasteiger partial charge in [-0.1, -0.05) is 18.2 Å². The summed E-state index contributed by atoms with van der Waals surface area (Å²) in [5.74, 6) is 0. The maximum Gasteiger partial charge on any atom is 0.322 e. The number of nitrogens with one attached hydrogen (secondary N) is 2. The fourth-order valence-corrected chi connectivity index (χ4v) is 2.59. The third kappa shape index (κ3) is 3.07. The maximum absolute atomic E-state index is 12.3. The van der Waals surface area contributed by atoms with Crippen molar-refractivity contribution in [1.82, 2.24) is 10.6 Å². The van der Waals surface area contributed by atoms with Crippen molar-refractivity contribution in [1.29, 1.82) is 0 Å². The second-order valence-corrected chi connectivity index (χ2v) is 5.30. The Labute approximate surface area is 115 Å². The van der Waals surface area contributed by atoms with Crippen molar-refractivity contribution in [2.24, 2.45) is 0 Å². The standard InChI is InChI=1S/C15H23N3O/c1-11(2)17-15(19)18-10-6-8-13(16-3)12-7-4-5-9-14(12)18/h4-5,7,9,11,13,16H,6,8,10H2,1-3H3,(H,17,19). The third-order valence-electron chi connectivity index (χ3n) is 3.48. The number of carbonyl (C=O) groups is 1. The summed E-state index contributed by atoms with van der Waals surface area (Å²) in [5.41, 5.74) is 2.24. The zero-order chi connectivity index (χ0) is 13.8. The molecule has 104 valence electrons. The van der Waals surface area contributed by atoms with E-state index in [1.165, 1.54) is 5.56 Å². The van der Waals surface area contributed by atoms with Crippen LogP contribution in [-0.4, -0.2) is 25.7 Å². The Kier molecular flexibility index (Phi) is 4.43. The van der Waals surface area contributed by atoms with E-state index in [9.17, 15) is 4.79 Å². The van der Waals surface area contributed by atoms with Crippen LogP contribution in [0.5, 0.6) is 0 Å². The van der Waals surface area contributed by atoms with Gasteiger partial charge in [0, 0.05) is 18.6 Å². The fourth-order valence-electron chi connectivity index (χ4n) is 2.59. The summed E-state index contributed by atoms with van der Waals surface area (Å²) in [6.07, 6.45) is 2.06. The van der Waals surface area contributed by atoms with Crippen molar-refractivity contribution in [3.05, 3.63) is 29.8 Å². The number of amides is 2. The van der Waals surface area contributed by atoms with Crippen LogP contribution in [0.25, 0.3) is 0 Å². The van der Waals surface area contributed by atoms with E-state index in [0.29, 0.717) is 6.04 Å². The number of carbonyl (C=O) groups excluding carboxylic acids is 1. The number of hydrogen-bond donors (Lipinski definition) is 2. The van der Waals surface area contributed by atoms with Crippen LogP contribution >= 0.6 is 0 Å². The average Bonchev–Trinajstić information content (AvgIpc) is 2.57. The molecule has 0 saturated heterocycles. The monoisotopic (exact) mass is 261 g/mol. The highest BCUT2D eigenvalue weighted by Gasteiger charge is 2.25.